The van der Waals surface area contributed by atoms with E-state index in [1.807, 2.05) is 31.2 Å². The van der Waals surface area contributed by atoms with Crippen LogP contribution < -0.4 is 4.72 Å². The summed E-state index contributed by atoms with van der Waals surface area (Å²) in [4.78, 5) is 8.07. The SMILES string of the molecule is Cc1ccc(S(=O)(=O)Nc2cccc(-c3nc4ccc(Br)cc4[nH]3)c2)cc1. The fraction of sp³-hybridized carbons (Fsp3) is 0.0500. The average Bonchev–Trinajstić information content (AvgIpc) is 3.05. The molecule has 3 aromatic carbocycles. The van der Waals surface area contributed by atoms with Crippen molar-refractivity contribution in [1.82, 2.24) is 9.97 Å². The number of anilines is 1. The molecule has 0 saturated carbocycles. The fourth-order valence-electron chi connectivity index (χ4n) is 2.78. The molecule has 0 aliphatic rings. The molecule has 0 bridgehead atoms. The summed E-state index contributed by atoms with van der Waals surface area (Å²) in [5.74, 6) is 0.680. The molecule has 0 spiro atoms. The summed E-state index contributed by atoms with van der Waals surface area (Å²) in [7, 11) is -3.65. The number of sulfonamides is 1. The summed E-state index contributed by atoms with van der Waals surface area (Å²) in [6, 6.07) is 19.7. The van der Waals surface area contributed by atoms with Gasteiger partial charge in [0.1, 0.15) is 5.82 Å². The normalized spacial score (nSPS) is 11.6. The van der Waals surface area contributed by atoms with Crippen LogP contribution >= 0.6 is 15.9 Å². The molecule has 1 heterocycles. The van der Waals surface area contributed by atoms with Crippen LogP contribution in [0.15, 0.2) is 76.1 Å². The van der Waals surface area contributed by atoms with E-state index >= 15 is 0 Å². The Kier molecular flexibility index (Phi) is 4.49. The molecule has 0 amide bonds. The summed E-state index contributed by atoms with van der Waals surface area (Å²) in [5.41, 5.74) is 4.04. The van der Waals surface area contributed by atoms with Gasteiger partial charge in [0.15, 0.2) is 0 Å². The third-order valence-corrected chi connectivity index (χ3v) is 6.05. The predicted molar refractivity (Wildman–Crippen MR) is 111 cm³/mol. The van der Waals surface area contributed by atoms with Crippen molar-refractivity contribution < 1.29 is 8.42 Å². The van der Waals surface area contributed by atoms with Gasteiger partial charge in [0.25, 0.3) is 10.0 Å². The number of rotatable bonds is 4. The van der Waals surface area contributed by atoms with Crippen LogP contribution in [0.1, 0.15) is 5.56 Å². The van der Waals surface area contributed by atoms with Crippen molar-refractivity contribution in [1.29, 1.82) is 0 Å². The van der Waals surface area contributed by atoms with Gasteiger partial charge in [-0.3, -0.25) is 4.72 Å². The monoisotopic (exact) mass is 441 g/mol. The van der Waals surface area contributed by atoms with Gasteiger partial charge in [0.2, 0.25) is 0 Å². The molecule has 0 aliphatic heterocycles. The van der Waals surface area contributed by atoms with Crippen LogP contribution in [0.5, 0.6) is 0 Å². The van der Waals surface area contributed by atoms with E-state index in [-0.39, 0.29) is 4.90 Å². The Bertz CT molecular complexity index is 1230. The molecule has 136 valence electrons. The minimum Gasteiger partial charge on any atom is -0.338 e. The minimum atomic E-state index is -3.65. The van der Waals surface area contributed by atoms with Gasteiger partial charge >= 0.3 is 0 Å². The first-order valence-corrected chi connectivity index (χ1v) is 10.5. The quantitative estimate of drug-likeness (QED) is 0.462. The van der Waals surface area contributed by atoms with E-state index in [1.165, 1.54) is 0 Å². The van der Waals surface area contributed by atoms with Crippen LogP contribution in [0.2, 0.25) is 0 Å². The topological polar surface area (TPSA) is 74.8 Å². The zero-order valence-electron chi connectivity index (χ0n) is 14.4. The molecule has 0 unspecified atom stereocenters. The largest absolute Gasteiger partial charge is 0.338 e. The van der Waals surface area contributed by atoms with E-state index in [1.54, 1.807) is 42.5 Å². The molecule has 1 aromatic heterocycles. The first-order valence-electron chi connectivity index (χ1n) is 8.26. The molecule has 0 saturated heterocycles. The number of hydrogen-bond donors (Lipinski definition) is 2. The number of imidazole rings is 1. The number of hydrogen-bond acceptors (Lipinski definition) is 3. The molecule has 0 fully saturated rings. The maximum Gasteiger partial charge on any atom is 0.261 e. The standard InChI is InChI=1S/C20H16BrN3O2S/c1-13-5-8-17(9-6-13)27(25,26)24-16-4-2-3-14(11-16)20-22-18-10-7-15(21)12-19(18)23-20/h2-12,24H,1H3,(H,22,23). The van der Waals surface area contributed by atoms with Crippen LogP contribution in [0, 0.1) is 6.92 Å². The van der Waals surface area contributed by atoms with Crippen LogP contribution in [-0.2, 0) is 10.0 Å². The van der Waals surface area contributed by atoms with Gasteiger partial charge in [-0.25, -0.2) is 13.4 Å². The number of aromatic amines is 1. The molecule has 0 aliphatic carbocycles. The Balaban J connectivity index is 1.66. The van der Waals surface area contributed by atoms with Crippen molar-refractivity contribution in [3.8, 4) is 11.4 Å². The van der Waals surface area contributed by atoms with E-state index in [9.17, 15) is 8.42 Å². The molecular formula is C20H16BrN3O2S. The highest BCUT2D eigenvalue weighted by Crippen LogP contribution is 2.26. The number of halogens is 1. The molecule has 7 heteroatoms. The molecule has 27 heavy (non-hydrogen) atoms. The Morgan fingerprint density at radius 3 is 2.56 bits per heavy atom. The van der Waals surface area contributed by atoms with Gasteiger partial charge in [-0.2, -0.15) is 0 Å². The van der Waals surface area contributed by atoms with E-state index in [2.05, 4.69) is 30.6 Å². The van der Waals surface area contributed by atoms with Crippen molar-refractivity contribution in [2.24, 2.45) is 0 Å². The zero-order chi connectivity index (χ0) is 19.0. The highest BCUT2D eigenvalue weighted by Gasteiger charge is 2.14. The Morgan fingerprint density at radius 2 is 1.78 bits per heavy atom. The maximum atomic E-state index is 12.6. The van der Waals surface area contributed by atoms with Gasteiger partial charge in [-0.05, 0) is 49.4 Å². The van der Waals surface area contributed by atoms with Crippen molar-refractivity contribution in [3.05, 3.63) is 76.8 Å². The number of benzene rings is 3. The van der Waals surface area contributed by atoms with Gasteiger partial charge in [0.05, 0.1) is 15.9 Å². The highest BCUT2D eigenvalue weighted by molar-refractivity contribution is 9.10. The highest BCUT2D eigenvalue weighted by atomic mass is 79.9. The second kappa shape index (κ2) is 6.83. The molecule has 0 radical (unpaired) electrons. The van der Waals surface area contributed by atoms with Gasteiger partial charge in [0, 0.05) is 15.7 Å². The van der Waals surface area contributed by atoms with Gasteiger partial charge in [-0.1, -0.05) is 45.8 Å². The third kappa shape index (κ3) is 3.74. The number of nitrogens with zero attached hydrogens (tertiary/aromatic N) is 1. The Labute approximate surface area is 165 Å². The fourth-order valence-corrected chi connectivity index (χ4v) is 4.19. The van der Waals surface area contributed by atoms with Crippen LogP contribution in [-0.4, -0.2) is 18.4 Å². The van der Waals surface area contributed by atoms with Gasteiger partial charge < -0.3 is 4.98 Å². The number of fused-ring (bicyclic) bond motifs is 1. The first-order chi connectivity index (χ1) is 12.9. The second-order valence-electron chi connectivity index (χ2n) is 6.25. The van der Waals surface area contributed by atoms with Crippen molar-refractivity contribution in [2.45, 2.75) is 11.8 Å². The zero-order valence-corrected chi connectivity index (χ0v) is 16.8. The minimum absolute atomic E-state index is 0.229. The Morgan fingerprint density at radius 1 is 1.00 bits per heavy atom. The van der Waals surface area contributed by atoms with Crippen molar-refractivity contribution in [2.75, 3.05) is 4.72 Å². The molecule has 0 atom stereocenters. The van der Waals surface area contributed by atoms with Gasteiger partial charge in [-0.15, -0.1) is 0 Å². The van der Waals surface area contributed by atoms with Crippen molar-refractivity contribution in [3.63, 3.8) is 0 Å². The lowest BCUT2D eigenvalue weighted by atomic mass is 10.2. The van der Waals surface area contributed by atoms with E-state index < -0.39 is 10.0 Å². The first kappa shape index (κ1) is 17.8. The molecular weight excluding hydrogens is 426 g/mol. The molecule has 2 N–H and O–H groups in total. The smallest absolute Gasteiger partial charge is 0.261 e. The lowest BCUT2D eigenvalue weighted by Crippen LogP contribution is -2.12. The summed E-state index contributed by atoms with van der Waals surface area (Å²) >= 11 is 3.44. The average molecular weight is 442 g/mol. The summed E-state index contributed by atoms with van der Waals surface area (Å²) in [6.45, 7) is 1.92. The second-order valence-corrected chi connectivity index (χ2v) is 8.84. The number of aryl methyl sites for hydroxylation is 1. The number of H-pyrrole nitrogens is 1. The van der Waals surface area contributed by atoms with Crippen LogP contribution in [0.25, 0.3) is 22.4 Å². The Hall–Kier alpha value is -2.64. The van der Waals surface area contributed by atoms with E-state index in [4.69, 9.17) is 0 Å². The summed E-state index contributed by atoms with van der Waals surface area (Å²) in [5, 5.41) is 0. The summed E-state index contributed by atoms with van der Waals surface area (Å²) < 4.78 is 28.8. The summed E-state index contributed by atoms with van der Waals surface area (Å²) in [6.07, 6.45) is 0. The number of nitrogens with one attached hydrogen (secondary N) is 2. The molecule has 5 nitrogen and oxygen atoms in total. The maximum absolute atomic E-state index is 12.6. The van der Waals surface area contributed by atoms with Crippen LogP contribution in [0.4, 0.5) is 5.69 Å². The molecule has 4 aromatic rings. The lowest BCUT2D eigenvalue weighted by molar-refractivity contribution is 0.601. The number of aromatic nitrogens is 2. The van der Waals surface area contributed by atoms with Crippen LogP contribution in [0.3, 0.4) is 0 Å². The third-order valence-electron chi connectivity index (χ3n) is 4.16. The molecule has 4 rings (SSSR count). The van der Waals surface area contributed by atoms with E-state index in [0.29, 0.717) is 11.5 Å². The lowest BCUT2D eigenvalue weighted by Gasteiger charge is -2.09. The predicted octanol–water partition coefficient (Wildman–Crippen LogP) is 5.10. The van der Waals surface area contributed by atoms with E-state index in [0.717, 1.165) is 26.6 Å². The van der Waals surface area contributed by atoms with Crippen molar-refractivity contribution >= 4 is 42.7 Å².